The number of benzene rings is 1. The Hall–Kier alpha value is -1.82. The second kappa shape index (κ2) is 5.88. The molecule has 2 aromatic rings. The van der Waals surface area contributed by atoms with Crippen molar-refractivity contribution in [3.63, 3.8) is 0 Å². The second-order valence-corrected chi connectivity index (χ2v) is 5.10. The number of carbonyl (C=O) groups is 1. The molecule has 0 aliphatic rings. The van der Waals surface area contributed by atoms with Gasteiger partial charge >= 0.3 is 5.97 Å². The van der Waals surface area contributed by atoms with Crippen molar-refractivity contribution in [1.82, 2.24) is 9.78 Å². The standard InChI is InChI=1S/C13H14BrN3O2/c1-9(8-17-7-3-6-15-17)16-11-5-2-4-10(14)12(11)13(18)19/h2-7,9,16H,8H2,1H3,(H,18,19). The van der Waals surface area contributed by atoms with Crippen LogP contribution in [0.4, 0.5) is 5.69 Å². The number of anilines is 1. The van der Waals surface area contributed by atoms with Crippen molar-refractivity contribution < 1.29 is 9.90 Å². The normalized spacial score (nSPS) is 12.1. The molecule has 19 heavy (non-hydrogen) atoms. The van der Waals surface area contributed by atoms with Crippen LogP contribution < -0.4 is 5.32 Å². The molecule has 0 fully saturated rings. The van der Waals surface area contributed by atoms with Crippen LogP contribution >= 0.6 is 15.9 Å². The summed E-state index contributed by atoms with van der Waals surface area (Å²) in [7, 11) is 0. The lowest BCUT2D eigenvalue weighted by Crippen LogP contribution is -2.23. The topological polar surface area (TPSA) is 67.2 Å². The zero-order valence-corrected chi connectivity index (χ0v) is 12.0. The van der Waals surface area contributed by atoms with E-state index in [4.69, 9.17) is 0 Å². The Bertz CT molecular complexity index is 569. The first-order valence-corrected chi connectivity index (χ1v) is 6.63. The molecule has 6 heteroatoms. The minimum absolute atomic E-state index is 0.0623. The molecule has 1 aromatic heterocycles. The van der Waals surface area contributed by atoms with Gasteiger partial charge in [-0.2, -0.15) is 5.10 Å². The van der Waals surface area contributed by atoms with E-state index in [2.05, 4.69) is 26.3 Å². The highest BCUT2D eigenvalue weighted by molar-refractivity contribution is 9.10. The van der Waals surface area contributed by atoms with E-state index in [1.54, 1.807) is 29.1 Å². The number of halogens is 1. The van der Waals surface area contributed by atoms with Gasteiger partial charge in [0.05, 0.1) is 17.8 Å². The number of hydrogen-bond acceptors (Lipinski definition) is 3. The number of aromatic nitrogens is 2. The van der Waals surface area contributed by atoms with E-state index in [0.29, 0.717) is 16.7 Å². The van der Waals surface area contributed by atoms with E-state index in [9.17, 15) is 9.90 Å². The van der Waals surface area contributed by atoms with Gasteiger partial charge in [0.25, 0.3) is 0 Å². The second-order valence-electron chi connectivity index (χ2n) is 4.24. The fraction of sp³-hybridized carbons (Fsp3) is 0.231. The zero-order chi connectivity index (χ0) is 13.8. The molecule has 0 saturated carbocycles. The maximum atomic E-state index is 11.3. The SMILES string of the molecule is CC(Cn1cccn1)Nc1cccc(Br)c1C(=O)O. The lowest BCUT2D eigenvalue weighted by atomic mass is 10.1. The van der Waals surface area contributed by atoms with E-state index in [1.165, 1.54) is 0 Å². The van der Waals surface area contributed by atoms with E-state index < -0.39 is 5.97 Å². The number of nitrogens with zero attached hydrogens (tertiary/aromatic N) is 2. The molecule has 1 atom stereocenters. The fourth-order valence-corrected chi connectivity index (χ4v) is 2.40. The third-order valence-electron chi connectivity index (χ3n) is 2.65. The number of hydrogen-bond donors (Lipinski definition) is 2. The average Bonchev–Trinajstić information content (AvgIpc) is 2.81. The summed E-state index contributed by atoms with van der Waals surface area (Å²) in [6.07, 6.45) is 3.59. The van der Waals surface area contributed by atoms with E-state index in [1.807, 2.05) is 19.2 Å². The molecule has 0 radical (unpaired) electrons. The smallest absolute Gasteiger partial charge is 0.338 e. The molecular formula is C13H14BrN3O2. The Labute approximate surface area is 119 Å². The van der Waals surface area contributed by atoms with Gasteiger partial charge in [0.1, 0.15) is 0 Å². The summed E-state index contributed by atoms with van der Waals surface area (Å²) < 4.78 is 2.37. The van der Waals surface area contributed by atoms with Gasteiger partial charge in [-0.05, 0) is 41.1 Å². The molecule has 2 N–H and O–H groups in total. The van der Waals surface area contributed by atoms with Crippen LogP contribution in [0.15, 0.2) is 41.1 Å². The van der Waals surface area contributed by atoms with Crippen LogP contribution in [0.1, 0.15) is 17.3 Å². The summed E-state index contributed by atoms with van der Waals surface area (Å²) in [6, 6.07) is 7.20. The predicted octanol–water partition coefficient (Wildman–Crippen LogP) is 2.84. The predicted molar refractivity (Wildman–Crippen MR) is 76.4 cm³/mol. The largest absolute Gasteiger partial charge is 0.478 e. The highest BCUT2D eigenvalue weighted by Crippen LogP contribution is 2.25. The number of carboxylic acid groups (broad SMARTS) is 1. The van der Waals surface area contributed by atoms with Crippen LogP contribution in [0.3, 0.4) is 0 Å². The van der Waals surface area contributed by atoms with Crippen molar-refractivity contribution in [2.75, 3.05) is 5.32 Å². The van der Waals surface area contributed by atoms with Gasteiger partial charge in [-0.25, -0.2) is 4.79 Å². The van der Waals surface area contributed by atoms with Crippen LogP contribution in [0.2, 0.25) is 0 Å². The van der Waals surface area contributed by atoms with Crippen LogP contribution in [0.5, 0.6) is 0 Å². The molecule has 1 heterocycles. The van der Waals surface area contributed by atoms with Gasteiger partial charge < -0.3 is 10.4 Å². The molecule has 5 nitrogen and oxygen atoms in total. The van der Waals surface area contributed by atoms with Gasteiger partial charge in [0.2, 0.25) is 0 Å². The molecule has 1 unspecified atom stereocenters. The van der Waals surface area contributed by atoms with Gasteiger partial charge in [0, 0.05) is 22.9 Å². The minimum Gasteiger partial charge on any atom is -0.478 e. The Kier molecular flexibility index (Phi) is 4.21. The Morgan fingerprint density at radius 2 is 2.32 bits per heavy atom. The van der Waals surface area contributed by atoms with Crippen LogP contribution in [0, 0.1) is 0 Å². The van der Waals surface area contributed by atoms with Crippen LogP contribution in [0.25, 0.3) is 0 Å². The third-order valence-corrected chi connectivity index (χ3v) is 3.31. The summed E-state index contributed by atoms with van der Waals surface area (Å²) in [5.41, 5.74) is 0.844. The number of nitrogens with one attached hydrogen (secondary N) is 1. The first-order chi connectivity index (χ1) is 9.08. The van der Waals surface area contributed by atoms with Crippen molar-refractivity contribution in [1.29, 1.82) is 0 Å². The zero-order valence-electron chi connectivity index (χ0n) is 10.4. The monoisotopic (exact) mass is 323 g/mol. The summed E-state index contributed by atoms with van der Waals surface area (Å²) in [5.74, 6) is -0.957. The van der Waals surface area contributed by atoms with Gasteiger partial charge in [-0.1, -0.05) is 6.07 Å². The minimum atomic E-state index is -0.957. The van der Waals surface area contributed by atoms with Crippen molar-refractivity contribution in [2.24, 2.45) is 0 Å². The maximum Gasteiger partial charge on any atom is 0.338 e. The Morgan fingerprint density at radius 1 is 1.53 bits per heavy atom. The molecule has 0 bridgehead atoms. The molecule has 0 aliphatic heterocycles. The number of aromatic carboxylic acids is 1. The molecule has 2 rings (SSSR count). The third kappa shape index (κ3) is 3.35. The molecular weight excluding hydrogens is 310 g/mol. The van der Waals surface area contributed by atoms with Crippen molar-refractivity contribution in [3.05, 3.63) is 46.7 Å². The highest BCUT2D eigenvalue weighted by atomic mass is 79.9. The Morgan fingerprint density at radius 3 is 2.95 bits per heavy atom. The van der Waals surface area contributed by atoms with Crippen LogP contribution in [-0.2, 0) is 6.54 Å². The number of rotatable bonds is 5. The van der Waals surface area contributed by atoms with E-state index in [0.717, 1.165) is 0 Å². The molecule has 0 amide bonds. The van der Waals surface area contributed by atoms with Crippen LogP contribution in [-0.4, -0.2) is 26.9 Å². The quantitative estimate of drug-likeness (QED) is 0.887. The first kappa shape index (κ1) is 13.6. The average molecular weight is 324 g/mol. The lowest BCUT2D eigenvalue weighted by Gasteiger charge is -2.17. The van der Waals surface area contributed by atoms with Crippen molar-refractivity contribution in [3.8, 4) is 0 Å². The maximum absolute atomic E-state index is 11.3. The van der Waals surface area contributed by atoms with Crippen molar-refractivity contribution in [2.45, 2.75) is 19.5 Å². The summed E-state index contributed by atoms with van der Waals surface area (Å²) in [5, 5.41) is 16.6. The molecule has 1 aromatic carbocycles. The summed E-state index contributed by atoms with van der Waals surface area (Å²) in [4.78, 5) is 11.3. The molecule has 0 spiro atoms. The van der Waals surface area contributed by atoms with E-state index >= 15 is 0 Å². The Balaban J connectivity index is 2.14. The van der Waals surface area contributed by atoms with E-state index in [-0.39, 0.29) is 11.6 Å². The lowest BCUT2D eigenvalue weighted by molar-refractivity contribution is 0.0697. The number of carboxylic acids is 1. The van der Waals surface area contributed by atoms with Gasteiger partial charge in [0.15, 0.2) is 0 Å². The molecule has 100 valence electrons. The highest BCUT2D eigenvalue weighted by Gasteiger charge is 2.15. The van der Waals surface area contributed by atoms with Gasteiger partial charge in [-0.15, -0.1) is 0 Å². The summed E-state index contributed by atoms with van der Waals surface area (Å²) in [6.45, 7) is 2.65. The van der Waals surface area contributed by atoms with Gasteiger partial charge in [-0.3, -0.25) is 4.68 Å². The molecule has 0 saturated heterocycles. The summed E-state index contributed by atoms with van der Waals surface area (Å²) >= 11 is 3.26. The van der Waals surface area contributed by atoms with Crippen molar-refractivity contribution >= 4 is 27.6 Å². The molecule has 0 aliphatic carbocycles. The first-order valence-electron chi connectivity index (χ1n) is 5.83. The fourth-order valence-electron chi connectivity index (χ4n) is 1.86.